The molecular weight excluding hydrogens is 350 g/mol. The molecular formula is C28H23N. The van der Waals surface area contributed by atoms with E-state index in [4.69, 9.17) is 4.98 Å². The Labute approximate surface area is 172 Å². The van der Waals surface area contributed by atoms with Crippen molar-refractivity contribution in [3.05, 3.63) is 119 Å². The lowest BCUT2D eigenvalue weighted by Crippen LogP contribution is -2.02. The molecule has 0 spiro atoms. The minimum absolute atomic E-state index is 1.00. The maximum atomic E-state index is 4.86. The molecule has 0 saturated carbocycles. The molecule has 0 fully saturated rings. The second kappa shape index (κ2) is 7.52. The Kier molecular flexibility index (Phi) is 4.57. The van der Waals surface area contributed by atoms with Crippen molar-refractivity contribution in [2.24, 2.45) is 0 Å². The second-order valence-electron chi connectivity index (χ2n) is 7.67. The van der Waals surface area contributed by atoms with Crippen LogP contribution in [0.5, 0.6) is 0 Å². The number of rotatable bonds is 2. The fourth-order valence-corrected chi connectivity index (χ4v) is 4.24. The first-order chi connectivity index (χ1) is 14.3. The van der Waals surface area contributed by atoms with E-state index in [-0.39, 0.29) is 0 Å². The van der Waals surface area contributed by atoms with Crippen molar-refractivity contribution >= 4 is 16.5 Å². The van der Waals surface area contributed by atoms with Gasteiger partial charge in [-0.05, 0) is 59.2 Å². The summed E-state index contributed by atoms with van der Waals surface area (Å²) >= 11 is 0. The molecule has 5 rings (SSSR count). The van der Waals surface area contributed by atoms with Crippen LogP contribution < -0.4 is 0 Å². The summed E-state index contributed by atoms with van der Waals surface area (Å²) in [4.78, 5) is 4.86. The Hall–Kier alpha value is -3.45. The second-order valence-corrected chi connectivity index (χ2v) is 7.67. The molecule has 0 saturated heterocycles. The normalized spacial score (nSPS) is 13.8. The molecule has 0 N–H and O–H groups in total. The van der Waals surface area contributed by atoms with Crippen molar-refractivity contribution in [3.63, 3.8) is 0 Å². The Morgan fingerprint density at radius 3 is 2.14 bits per heavy atom. The molecule has 0 radical (unpaired) electrons. The zero-order valence-electron chi connectivity index (χ0n) is 16.6. The minimum atomic E-state index is 1.00. The largest absolute Gasteiger partial charge is 0.256 e. The van der Waals surface area contributed by atoms with E-state index in [1.807, 2.05) is 6.20 Å². The minimum Gasteiger partial charge on any atom is -0.256 e. The Bertz CT molecular complexity index is 1230. The van der Waals surface area contributed by atoms with Crippen molar-refractivity contribution in [1.29, 1.82) is 0 Å². The number of pyridine rings is 1. The summed E-state index contributed by atoms with van der Waals surface area (Å²) < 4.78 is 0. The van der Waals surface area contributed by atoms with Crippen molar-refractivity contribution in [2.45, 2.75) is 19.8 Å². The molecule has 0 bridgehead atoms. The van der Waals surface area contributed by atoms with Crippen LogP contribution in [-0.2, 0) is 6.42 Å². The highest BCUT2D eigenvalue weighted by Crippen LogP contribution is 2.36. The third-order valence-electron chi connectivity index (χ3n) is 5.78. The van der Waals surface area contributed by atoms with Crippen LogP contribution in [0.4, 0.5) is 0 Å². The maximum Gasteiger partial charge on any atom is 0.0746 e. The van der Waals surface area contributed by atoms with E-state index in [2.05, 4.69) is 97.9 Å². The highest BCUT2D eigenvalue weighted by Gasteiger charge is 2.17. The molecule has 1 heterocycles. The molecule has 4 aromatic rings. The van der Waals surface area contributed by atoms with E-state index >= 15 is 0 Å². The van der Waals surface area contributed by atoms with Crippen LogP contribution in [0.2, 0.25) is 0 Å². The first kappa shape index (κ1) is 17.6. The molecule has 1 aliphatic rings. The quantitative estimate of drug-likeness (QED) is 0.361. The molecule has 0 amide bonds. The first-order valence-corrected chi connectivity index (χ1v) is 10.2. The van der Waals surface area contributed by atoms with Crippen LogP contribution in [-0.4, -0.2) is 4.98 Å². The fraction of sp³-hybridized carbons (Fsp3) is 0.107. The van der Waals surface area contributed by atoms with Gasteiger partial charge in [0, 0.05) is 11.6 Å². The van der Waals surface area contributed by atoms with E-state index in [0.717, 1.165) is 18.4 Å². The average Bonchev–Trinajstić information content (AvgIpc) is 2.77. The van der Waals surface area contributed by atoms with Gasteiger partial charge in [0.2, 0.25) is 0 Å². The van der Waals surface area contributed by atoms with Gasteiger partial charge in [-0.3, -0.25) is 4.98 Å². The van der Waals surface area contributed by atoms with Gasteiger partial charge in [-0.25, -0.2) is 0 Å². The summed E-state index contributed by atoms with van der Waals surface area (Å²) in [5.41, 5.74) is 10.2. The number of aryl methyl sites for hydroxylation is 1. The van der Waals surface area contributed by atoms with E-state index in [1.54, 1.807) is 0 Å². The summed E-state index contributed by atoms with van der Waals surface area (Å²) in [7, 11) is 0. The van der Waals surface area contributed by atoms with Gasteiger partial charge >= 0.3 is 0 Å². The maximum absolute atomic E-state index is 4.86. The number of aromatic nitrogens is 1. The van der Waals surface area contributed by atoms with E-state index in [9.17, 15) is 0 Å². The van der Waals surface area contributed by atoms with Gasteiger partial charge in [0.25, 0.3) is 0 Å². The molecule has 29 heavy (non-hydrogen) atoms. The summed E-state index contributed by atoms with van der Waals surface area (Å²) in [6.45, 7) is 2.22. The van der Waals surface area contributed by atoms with E-state index < -0.39 is 0 Å². The number of fused-ring (bicyclic) bond motifs is 3. The molecule has 1 aliphatic carbocycles. The number of benzene rings is 3. The monoisotopic (exact) mass is 373 g/mol. The number of allylic oxidation sites excluding steroid dienone is 3. The summed E-state index contributed by atoms with van der Waals surface area (Å²) in [6.07, 6.45) is 8.56. The Morgan fingerprint density at radius 2 is 1.38 bits per heavy atom. The van der Waals surface area contributed by atoms with Crippen LogP contribution in [0.1, 0.15) is 30.0 Å². The van der Waals surface area contributed by atoms with E-state index in [1.165, 1.54) is 44.3 Å². The third-order valence-corrected chi connectivity index (χ3v) is 5.78. The molecule has 140 valence electrons. The highest BCUT2D eigenvalue weighted by atomic mass is 14.7. The molecule has 0 unspecified atom stereocenters. The number of nitrogens with zero attached hydrogens (tertiary/aromatic N) is 1. The fourth-order valence-electron chi connectivity index (χ4n) is 4.24. The topological polar surface area (TPSA) is 12.9 Å². The zero-order chi connectivity index (χ0) is 19.6. The predicted molar refractivity (Wildman–Crippen MR) is 123 cm³/mol. The molecule has 3 aromatic carbocycles. The van der Waals surface area contributed by atoms with Gasteiger partial charge in [0.15, 0.2) is 0 Å². The summed E-state index contributed by atoms with van der Waals surface area (Å²) in [5.74, 6) is 0. The van der Waals surface area contributed by atoms with Crippen molar-refractivity contribution in [1.82, 2.24) is 4.98 Å². The van der Waals surface area contributed by atoms with Crippen LogP contribution in [0, 0.1) is 0 Å². The standard InChI is InChI=1S/C28H23N/c1-20-12-14-23(21-8-4-2-5-9-21)25-16-17-26-24(22-10-6-3-7-11-22)18-19-29-28(26)27(25)15-13-20/h2-12,14,16-19H,13,15H2,1H3. The predicted octanol–water partition coefficient (Wildman–Crippen LogP) is 7.23. The Balaban J connectivity index is 1.77. The molecule has 0 aliphatic heterocycles. The van der Waals surface area contributed by atoms with Gasteiger partial charge in [-0.15, -0.1) is 0 Å². The Morgan fingerprint density at radius 1 is 0.655 bits per heavy atom. The lowest BCUT2D eigenvalue weighted by atomic mass is 9.86. The smallest absolute Gasteiger partial charge is 0.0746 e. The summed E-state index contributed by atoms with van der Waals surface area (Å²) in [5, 5.41) is 1.23. The van der Waals surface area contributed by atoms with Crippen LogP contribution in [0.3, 0.4) is 0 Å². The highest BCUT2D eigenvalue weighted by molar-refractivity contribution is 5.99. The molecule has 1 nitrogen and oxygen atoms in total. The lowest BCUT2D eigenvalue weighted by Gasteiger charge is -2.19. The van der Waals surface area contributed by atoms with Crippen molar-refractivity contribution in [3.8, 4) is 11.1 Å². The third kappa shape index (κ3) is 3.30. The summed E-state index contributed by atoms with van der Waals surface area (Å²) in [6, 6.07) is 28.0. The SMILES string of the molecule is CC1=CC=C(c2ccccc2)c2ccc3c(-c4ccccc4)ccnc3c2CC1. The van der Waals surface area contributed by atoms with Crippen molar-refractivity contribution in [2.75, 3.05) is 0 Å². The van der Waals surface area contributed by atoms with Gasteiger partial charge in [-0.1, -0.05) is 90.5 Å². The number of hydrogen-bond acceptors (Lipinski definition) is 1. The molecule has 1 heteroatoms. The lowest BCUT2D eigenvalue weighted by molar-refractivity contribution is 0.939. The van der Waals surface area contributed by atoms with E-state index in [0.29, 0.717) is 0 Å². The van der Waals surface area contributed by atoms with Gasteiger partial charge in [-0.2, -0.15) is 0 Å². The zero-order valence-corrected chi connectivity index (χ0v) is 16.6. The van der Waals surface area contributed by atoms with Crippen LogP contribution >= 0.6 is 0 Å². The molecule has 0 atom stereocenters. The van der Waals surface area contributed by atoms with Gasteiger partial charge in [0.05, 0.1) is 5.52 Å². The first-order valence-electron chi connectivity index (χ1n) is 10.2. The number of hydrogen-bond donors (Lipinski definition) is 0. The van der Waals surface area contributed by atoms with Crippen LogP contribution in [0.25, 0.3) is 27.6 Å². The molecule has 1 aromatic heterocycles. The van der Waals surface area contributed by atoms with Gasteiger partial charge < -0.3 is 0 Å². The van der Waals surface area contributed by atoms with Crippen molar-refractivity contribution < 1.29 is 0 Å². The van der Waals surface area contributed by atoms with Crippen LogP contribution in [0.15, 0.2) is 103 Å². The van der Waals surface area contributed by atoms with Gasteiger partial charge in [0.1, 0.15) is 0 Å². The average molecular weight is 373 g/mol.